The maximum atomic E-state index is 12.1. The first-order chi connectivity index (χ1) is 11.9. The van der Waals surface area contributed by atoms with Crippen molar-refractivity contribution in [1.82, 2.24) is 20.9 Å². The van der Waals surface area contributed by atoms with Crippen LogP contribution in [0.25, 0.3) is 0 Å². The Morgan fingerprint density at radius 1 is 0.923 bits per heavy atom. The van der Waals surface area contributed by atoms with Crippen LogP contribution in [0.2, 0.25) is 0 Å². The molecule has 0 bridgehead atoms. The van der Waals surface area contributed by atoms with Gasteiger partial charge in [-0.1, -0.05) is 13.8 Å². The van der Waals surface area contributed by atoms with Crippen molar-refractivity contribution >= 4 is 46.5 Å². The minimum atomic E-state index is -0.267. The zero-order chi connectivity index (χ0) is 20.2. The third-order valence-electron chi connectivity index (χ3n) is 4.13. The van der Waals surface area contributed by atoms with Gasteiger partial charge < -0.3 is 10.6 Å². The molecule has 2 fully saturated rings. The van der Waals surface area contributed by atoms with Crippen LogP contribution in [0.15, 0.2) is 22.5 Å². The lowest BCUT2D eigenvalue weighted by Gasteiger charge is -2.29. The average Bonchev–Trinajstić information content (AvgIpc) is 3.04. The maximum Gasteiger partial charge on any atom is 0.276 e. The van der Waals surface area contributed by atoms with E-state index in [1.807, 2.05) is 48.5 Å². The third kappa shape index (κ3) is 5.11. The summed E-state index contributed by atoms with van der Waals surface area (Å²) in [7, 11) is 0. The van der Waals surface area contributed by atoms with Crippen LogP contribution in [0.3, 0.4) is 0 Å². The Hall–Kier alpha value is -1.80. The molecule has 2 amide bonds. The van der Waals surface area contributed by atoms with Gasteiger partial charge in [-0.2, -0.15) is 0 Å². The minimum absolute atomic E-state index is 0.00755. The number of thiocarbonyl (C=S) groups is 2. The molecule has 0 radical (unpaired) electrons. The Balaban J connectivity index is 0.000000273. The summed E-state index contributed by atoms with van der Waals surface area (Å²) in [6.07, 6.45) is 1.72. The van der Waals surface area contributed by atoms with Gasteiger partial charge in [-0.15, -0.1) is 0 Å². The van der Waals surface area contributed by atoms with Gasteiger partial charge in [0, 0.05) is 5.54 Å². The van der Waals surface area contributed by atoms with Crippen molar-refractivity contribution < 1.29 is 9.59 Å². The van der Waals surface area contributed by atoms with E-state index in [2.05, 4.69) is 16.0 Å². The zero-order valence-electron chi connectivity index (χ0n) is 16.5. The first-order valence-corrected chi connectivity index (χ1v) is 9.43. The maximum absolute atomic E-state index is 12.1. The van der Waals surface area contributed by atoms with E-state index in [4.69, 9.17) is 24.4 Å². The van der Waals surface area contributed by atoms with E-state index >= 15 is 0 Å². The number of amides is 2. The largest absolute Gasteiger partial charge is 0.328 e. The molecule has 0 atom stereocenters. The fourth-order valence-corrected chi connectivity index (χ4v) is 2.99. The summed E-state index contributed by atoms with van der Waals surface area (Å²) in [5.41, 5.74) is 3.07. The molecule has 2 saturated heterocycles. The van der Waals surface area contributed by atoms with Crippen LogP contribution in [-0.4, -0.2) is 32.5 Å². The number of hydrogen-bond acceptors (Lipinski definition) is 4. The molecule has 0 aromatic rings. The Labute approximate surface area is 166 Å². The third-order valence-corrected chi connectivity index (χ3v) is 4.62. The Morgan fingerprint density at radius 3 is 1.77 bits per heavy atom. The lowest BCUT2D eigenvalue weighted by molar-refractivity contribution is -0.125. The van der Waals surface area contributed by atoms with Gasteiger partial charge in [-0.05, 0) is 83.0 Å². The van der Waals surface area contributed by atoms with Crippen LogP contribution in [0, 0.1) is 0 Å². The van der Waals surface area contributed by atoms with Gasteiger partial charge in [0.2, 0.25) is 0 Å². The highest BCUT2D eigenvalue weighted by molar-refractivity contribution is 7.80. The quantitative estimate of drug-likeness (QED) is 0.492. The van der Waals surface area contributed by atoms with Crippen molar-refractivity contribution in [2.24, 2.45) is 0 Å². The molecule has 0 unspecified atom stereocenters. The molecule has 2 aliphatic rings. The number of nitrogens with one attached hydrogen (secondary N) is 3. The van der Waals surface area contributed by atoms with Gasteiger partial charge in [0.1, 0.15) is 11.4 Å². The lowest BCUT2D eigenvalue weighted by Crippen LogP contribution is -2.45. The Bertz CT molecular complexity index is 702. The molecule has 0 aromatic heterocycles. The van der Waals surface area contributed by atoms with E-state index in [1.54, 1.807) is 4.90 Å². The fraction of sp³-hybridized carbons (Fsp3) is 0.556. The molecule has 8 heteroatoms. The minimum Gasteiger partial charge on any atom is -0.328 e. The summed E-state index contributed by atoms with van der Waals surface area (Å²) in [6.45, 7) is 13.8. The number of rotatable bonds is 2. The molecular weight excluding hydrogens is 368 g/mol. The van der Waals surface area contributed by atoms with Gasteiger partial charge >= 0.3 is 0 Å². The zero-order valence-corrected chi connectivity index (χ0v) is 18.1. The highest BCUT2D eigenvalue weighted by Gasteiger charge is 2.38. The standard InChI is InChI=1S/C11H18N2OS.C7H10N2OS/c1-6-7(2)8-9(14)13(10(15)12-8)11(3,4)5;1-3-4(2)5-6(10)9-7(11)8-5/h6H2,1-5H3,(H,12,15);3H2,1-2H3,(H2,8,9,10,11)/b8-7+;5-4+. The second-order valence-corrected chi connectivity index (χ2v) is 7.96. The molecule has 2 rings (SSSR count). The molecule has 0 aromatic carbocycles. The molecule has 0 aliphatic carbocycles. The SMILES string of the molecule is CC/C(C)=C1/NC(=S)N(C(C)(C)C)C1=O.CC/C(C)=C1/NC(=S)NC1=O. The molecule has 6 nitrogen and oxygen atoms in total. The molecule has 144 valence electrons. The van der Waals surface area contributed by atoms with Crippen LogP contribution >= 0.6 is 24.4 Å². The lowest BCUT2D eigenvalue weighted by atomic mass is 10.1. The van der Waals surface area contributed by atoms with Crippen LogP contribution in [0.5, 0.6) is 0 Å². The summed E-state index contributed by atoms with van der Waals surface area (Å²) >= 11 is 9.93. The number of carbonyl (C=O) groups is 2. The highest BCUT2D eigenvalue weighted by atomic mass is 32.1. The van der Waals surface area contributed by atoms with Gasteiger partial charge in [0.25, 0.3) is 11.8 Å². The Morgan fingerprint density at radius 2 is 1.42 bits per heavy atom. The summed E-state index contributed by atoms with van der Waals surface area (Å²) in [4.78, 5) is 24.8. The average molecular weight is 397 g/mol. The van der Waals surface area contributed by atoms with Crippen molar-refractivity contribution in [3.63, 3.8) is 0 Å². The fourth-order valence-electron chi connectivity index (χ4n) is 2.34. The van der Waals surface area contributed by atoms with E-state index < -0.39 is 0 Å². The van der Waals surface area contributed by atoms with Crippen molar-refractivity contribution in [2.45, 2.75) is 66.8 Å². The molecule has 26 heavy (non-hydrogen) atoms. The predicted molar refractivity (Wildman–Crippen MR) is 112 cm³/mol. The van der Waals surface area contributed by atoms with Crippen molar-refractivity contribution in [3.05, 3.63) is 22.5 Å². The van der Waals surface area contributed by atoms with E-state index in [0.29, 0.717) is 21.6 Å². The van der Waals surface area contributed by atoms with Crippen LogP contribution in [0.1, 0.15) is 61.3 Å². The number of allylic oxidation sites excluding steroid dienone is 2. The summed E-state index contributed by atoms with van der Waals surface area (Å²) < 4.78 is 0. The number of carbonyl (C=O) groups excluding carboxylic acids is 2. The van der Waals surface area contributed by atoms with Crippen molar-refractivity contribution in [1.29, 1.82) is 0 Å². The number of nitrogens with zero attached hydrogens (tertiary/aromatic N) is 1. The molecule has 2 heterocycles. The second-order valence-electron chi connectivity index (χ2n) is 7.17. The van der Waals surface area contributed by atoms with Crippen LogP contribution < -0.4 is 16.0 Å². The monoisotopic (exact) mass is 396 g/mol. The van der Waals surface area contributed by atoms with Crippen LogP contribution in [-0.2, 0) is 9.59 Å². The van der Waals surface area contributed by atoms with Gasteiger partial charge in [0.15, 0.2) is 10.2 Å². The van der Waals surface area contributed by atoms with E-state index in [0.717, 1.165) is 24.0 Å². The van der Waals surface area contributed by atoms with E-state index in [9.17, 15) is 9.59 Å². The highest BCUT2D eigenvalue weighted by Crippen LogP contribution is 2.23. The van der Waals surface area contributed by atoms with Gasteiger partial charge in [0.05, 0.1) is 0 Å². The van der Waals surface area contributed by atoms with Crippen molar-refractivity contribution in [2.75, 3.05) is 0 Å². The Kier molecular flexibility index (Phi) is 7.46. The second kappa shape index (κ2) is 8.73. The van der Waals surface area contributed by atoms with Crippen molar-refractivity contribution in [3.8, 4) is 0 Å². The molecule has 3 N–H and O–H groups in total. The van der Waals surface area contributed by atoms with Crippen LogP contribution in [0.4, 0.5) is 0 Å². The molecular formula is C18H28N4O2S2. The summed E-state index contributed by atoms with van der Waals surface area (Å²) in [5.74, 6) is -0.124. The first kappa shape index (κ1) is 22.2. The summed E-state index contributed by atoms with van der Waals surface area (Å²) in [5, 5.41) is 9.22. The molecule has 2 aliphatic heterocycles. The van der Waals surface area contributed by atoms with E-state index in [1.165, 1.54) is 0 Å². The summed E-state index contributed by atoms with van der Waals surface area (Å²) in [6, 6.07) is 0. The molecule has 0 saturated carbocycles. The van der Waals surface area contributed by atoms with Gasteiger partial charge in [-0.3, -0.25) is 19.8 Å². The predicted octanol–water partition coefficient (Wildman–Crippen LogP) is 2.86. The van der Waals surface area contributed by atoms with E-state index in [-0.39, 0.29) is 17.4 Å². The topological polar surface area (TPSA) is 73.5 Å². The normalized spacial score (nSPS) is 21.0. The van der Waals surface area contributed by atoms with Gasteiger partial charge in [-0.25, -0.2) is 0 Å². The smallest absolute Gasteiger partial charge is 0.276 e. The first-order valence-electron chi connectivity index (χ1n) is 8.61. The number of hydrogen-bond donors (Lipinski definition) is 3. The molecule has 0 spiro atoms.